The van der Waals surface area contributed by atoms with Crippen molar-refractivity contribution in [2.75, 3.05) is 12.3 Å². The monoisotopic (exact) mass is 396 g/mol. The second-order valence-corrected chi connectivity index (χ2v) is 6.93. The molecule has 0 amide bonds. The third-order valence-electron chi connectivity index (χ3n) is 4.20. The fraction of sp³-hybridized carbons (Fsp3) is 0.467. The van der Waals surface area contributed by atoms with Gasteiger partial charge in [-0.3, -0.25) is 9.36 Å². The predicted molar refractivity (Wildman–Crippen MR) is 92.6 cm³/mol. The topological polar surface area (TPSA) is 156 Å². The van der Waals surface area contributed by atoms with Gasteiger partial charge >= 0.3 is 10.7 Å². The molecule has 27 heavy (non-hydrogen) atoms. The summed E-state index contributed by atoms with van der Waals surface area (Å²) in [6.45, 7) is 1.33. The van der Waals surface area contributed by atoms with Gasteiger partial charge in [0, 0.05) is 0 Å². The highest BCUT2D eigenvalue weighted by atomic mass is 32.1. The number of nitrogens with zero attached hydrogens (tertiary/aromatic N) is 3. The fourth-order valence-electron chi connectivity index (χ4n) is 2.91. The molecular weight excluding hydrogens is 380 g/mol. The molecule has 0 radical (unpaired) electrons. The van der Waals surface area contributed by atoms with Crippen molar-refractivity contribution in [3.8, 4) is 5.88 Å². The van der Waals surface area contributed by atoms with Crippen molar-refractivity contribution in [2.45, 2.75) is 38.7 Å². The number of rotatable bonds is 5. The number of aliphatic hydroxyl groups is 1. The Labute approximate surface area is 155 Å². The van der Waals surface area contributed by atoms with Crippen molar-refractivity contribution in [1.29, 1.82) is 0 Å². The van der Waals surface area contributed by atoms with Gasteiger partial charge in [0.25, 0.3) is 0 Å². The van der Waals surface area contributed by atoms with E-state index in [1.165, 1.54) is 4.57 Å². The van der Waals surface area contributed by atoms with Crippen LogP contribution in [-0.4, -0.2) is 32.4 Å². The van der Waals surface area contributed by atoms with Gasteiger partial charge in [-0.05, 0) is 19.8 Å². The number of ether oxygens (including phenoxy) is 2. The zero-order valence-corrected chi connectivity index (χ0v) is 15.0. The molecule has 3 aromatic rings. The Balaban J connectivity index is 1.70. The fourth-order valence-corrected chi connectivity index (χ4v) is 3.82. The first-order valence-electron chi connectivity index (χ1n) is 8.13. The third-order valence-corrected chi connectivity index (χ3v) is 5.13. The molecule has 11 nitrogen and oxygen atoms in total. The highest BCUT2D eigenvalue weighted by Crippen LogP contribution is 2.33. The molecule has 1 fully saturated rings. The molecule has 2 unspecified atom stereocenters. The van der Waals surface area contributed by atoms with Crippen LogP contribution in [0, 0.1) is 6.92 Å². The van der Waals surface area contributed by atoms with Gasteiger partial charge in [0.05, 0.1) is 12.7 Å². The average Bonchev–Trinajstić information content (AvgIpc) is 3.29. The average molecular weight is 396 g/mol. The molecule has 4 rings (SSSR count). The van der Waals surface area contributed by atoms with Crippen LogP contribution in [0.15, 0.2) is 18.4 Å². The molecule has 1 saturated heterocycles. The van der Waals surface area contributed by atoms with Crippen molar-refractivity contribution in [3.63, 3.8) is 0 Å². The molecule has 0 aliphatic carbocycles. The second-order valence-electron chi connectivity index (χ2n) is 5.97. The number of aryl methyl sites for hydroxylation is 1. The van der Waals surface area contributed by atoms with E-state index >= 15 is 0 Å². The normalized spacial score (nSPS) is 19.8. The van der Waals surface area contributed by atoms with Crippen LogP contribution in [-0.2, 0) is 11.3 Å². The Kier molecular flexibility index (Phi) is 4.45. The maximum absolute atomic E-state index is 12.5. The van der Waals surface area contributed by atoms with E-state index in [1.807, 2.05) is 0 Å². The highest BCUT2D eigenvalue weighted by molar-refractivity contribution is 7.16. The van der Waals surface area contributed by atoms with Gasteiger partial charge in [0.1, 0.15) is 10.9 Å². The molecule has 0 saturated carbocycles. The predicted octanol–water partition coefficient (Wildman–Crippen LogP) is 0.539. The summed E-state index contributed by atoms with van der Waals surface area (Å²) in [6.07, 6.45) is 0.336. The number of fused-ring (bicyclic) bond motifs is 1. The minimum Gasteiger partial charge on any atom is -0.468 e. The highest BCUT2D eigenvalue weighted by Gasteiger charge is 2.30. The molecule has 4 heterocycles. The maximum Gasteiger partial charge on any atom is 0.519 e. The van der Waals surface area contributed by atoms with Crippen LogP contribution in [0.25, 0.3) is 10.3 Å². The van der Waals surface area contributed by atoms with Gasteiger partial charge < -0.3 is 29.1 Å². The lowest BCUT2D eigenvalue weighted by atomic mass is 10.2. The largest absolute Gasteiger partial charge is 0.519 e. The van der Waals surface area contributed by atoms with Gasteiger partial charge in [-0.1, -0.05) is 11.3 Å². The lowest BCUT2D eigenvalue weighted by Crippen LogP contribution is -2.21. The number of thiazole rings is 1. The standard InChI is InChI=1S/C15H16N4O7S/c1-6-8(26-15(22)24-6)5-23-12-10-11(17-13(16)18-12)19(14(21)27-10)9-3-2-7(4-20)25-9/h7,9,20H,2-5H2,1H3,(H2,16,17,18). The van der Waals surface area contributed by atoms with E-state index < -0.39 is 12.1 Å². The van der Waals surface area contributed by atoms with E-state index in [2.05, 4.69) is 9.97 Å². The Morgan fingerprint density at radius 2 is 2.15 bits per heavy atom. The lowest BCUT2D eigenvalue weighted by molar-refractivity contribution is -0.0214. The number of aromatic nitrogens is 3. The number of hydrogen-bond acceptors (Lipinski definition) is 11. The van der Waals surface area contributed by atoms with Crippen LogP contribution in [0.3, 0.4) is 0 Å². The van der Waals surface area contributed by atoms with Gasteiger partial charge in [-0.15, -0.1) is 0 Å². The zero-order chi connectivity index (χ0) is 19.1. The van der Waals surface area contributed by atoms with Gasteiger partial charge in [-0.25, -0.2) is 4.79 Å². The van der Waals surface area contributed by atoms with Crippen LogP contribution < -0.4 is 21.2 Å². The summed E-state index contributed by atoms with van der Waals surface area (Å²) in [5.41, 5.74) is 6.07. The summed E-state index contributed by atoms with van der Waals surface area (Å²) in [7, 11) is 0. The van der Waals surface area contributed by atoms with Crippen LogP contribution >= 0.6 is 11.3 Å². The summed E-state index contributed by atoms with van der Waals surface area (Å²) < 4.78 is 22.7. The number of anilines is 1. The number of aliphatic hydroxyl groups excluding tert-OH is 1. The molecule has 12 heteroatoms. The third kappa shape index (κ3) is 3.22. The first kappa shape index (κ1) is 17.7. The van der Waals surface area contributed by atoms with Crippen molar-refractivity contribution in [2.24, 2.45) is 0 Å². The first-order valence-corrected chi connectivity index (χ1v) is 8.95. The van der Waals surface area contributed by atoms with Crippen molar-refractivity contribution >= 4 is 27.6 Å². The molecule has 2 atom stereocenters. The van der Waals surface area contributed by atoms with Gasteiger partial charge in [0.2, 0.25) is 11.8 Å². The summed E-state index contributed by atoms with van der Waals surface area (Å²) in [4.78, 5) is 31.5. The molecule has 0 aromatic carbocycles. The minimum absolute atomic E-state index is 0.0777. The maximum atomic E-state index is 12.5. The van der Waals surface area contributed by atoms with E-state index in [0.717, 1.165) is 11.3 Å². The Bertz CT molecular complexity index is 1100. The molecule has 144 valence electrons. The smallest absolute Gasteiger partial charge is 0.468 e. The molecule has 0 spiro atoms. The summed E-state index contributed by atoms with van der Waals surface area (Å²) in [5.74, 6) is -0.309. The molecule has 3 aromatic heterocycles. The number of nitrogens with two attached hydrogens (primary N) is 1. The SMILES string of the molecule is Cc1oc(=O)oc1COc1nc(N)nc2c1sc(=O)n2C1CCC(CO)O1. The number of hydrogen-bond donors (Lipinski definition) is 2. The Morgan fingerprint density at radius 1 is 1.33 bits per heavy atom. The Hall–Kier alpha value is -2.70. The van der Waals surface area contributed by atoms with Gasteiger partial charge in [-0.2, -0.15) is 9.97 Å². The van der Waals surface area contributed by atoms with E-state index in [1.54, 1.807) is 6.92 Å². The Morgan fingerprint density at radius 3 is 2.81 bits per heavy atom. The van der Waals surface area contributed by atoms with E-state index in [0.29, 0.717) is 28.9 Å². The summed E-state index contributed by atoms with van der Waals surface area (Å²) in [6, 6.07) is 0. The quantitative estimate of drug-likeness (QED) is 0.624. The first-order chi connectivity index (χ1) is 13.0. The minimum atomic E-state index is -0.828. The molecule has 1 aliphatic rings. The molecule has 1 aliphatic heterocycles. The lowest BCUT2D eigenvalue weighted by Gasteiger charge is -2.13. The summed E-state index contributed by atoms with van der Waals surface area (Å²) >= 11 is 0.898. The van der Waals surface area contributed by atoms with Crippen LogP contribution in [0.5, 0.6) is 5.88 Å². The van der Waals surface area contributed by atoms with Gasteiger partial charge in [0.15, 0.2) is 23.8 Å². The van der Waals surface area contributed by atoms with E-state index in [-0.39, 0.29) is 41.8 Å². The van der Waals surface area contributed by atoms with Crippen molar-refractivity contribution in [1.82, 2.24) is 14.5 Å². The van der Waals surface area contributed by atoms with Crippen LogP contribution in [0.1, 0.15) is 30.6 Å². The van der Waals surface area contributed by atoms with Crippen molar-refractivity contribution in [3.05, 3.63) is 31.8 Å². The summed E-state index contributed by atoms with van der Waals surface area (Å²) in [5, 5.41) is 9.24. The molecular formula is C15H16N4O7S. The molecule has 0 bridgehead atoms. The zero-order valence-electron chi connectivity index (χ0n) is 14.2. The van der Waals surface area contributed by atoms with Crippen LogP contribution in [0.4, 0.5) is 5.95 Å². The van der Waals surface area contributed by atoms with E-state index in [9.17, 15) is 14.7 Å². The van der Waals surface area contributed by atoms with E-state index in [4.69, 9.17) is 24.0 Å². The molecule has 3 N–H and O–H groups in total. The van der Waals surface area contributed by atoms with Crippen molar-refractivity contribution < 1.29 is 23.4 Å². The second kappa shape index (κ2) is 6.79. The number of nitrogen functional groups attached to an aromatic ring is 1. The van der Waals surface area contributed by atoms with Crippen LogP contribution in [0.2, 0.25) is 0 Å².